The molecule has 0 radical (unpaired) electrons. The third kappa shape index (κ3) is 1.26. The van der Waals surface area contributed by atoms with Crippen molar-refractivity contribution in [1.82, 2.24) is 10.2 Å². The van der Waals surface area contributed by atoms with Gasteiger partial charge in [0.1, 0.15) is 5.52 Å². The summed E-state index contributed by atoms with van der Waals surface area (Å²) in [5.74, 6) is 0. The quantitative estimate of drug-likeness (QED) is 0.692. The van der Waals surface area contributed by atoms with Crippen LogP contribution in [0.3, 0.4) is 0 Å². The van der Waals surface area contributed by atoms with Crippen LogP contribution in [-0.4, -0.2) is 16.7 Å². The highest BCUT2D eigenvalue weighted by Gasteiger charge is 2.10. The number of aromatic amines is 1. The van der Waals surface area contributed by atoms with Gasteiger partial charge >= 0.3 is 0 Å². The summed E-state index contributed by atoms with van der Waals surface area (Å²) < 4.78 is 2.55. The highest BCUT2D eigenvalue weighted by atomic mass is 32.1. The fourth-order valence-electron chi connectivity index (χ4n) is 1.84. The van der Waals surface area contributed by atoms with E-state index in [0.29, 0.717) is 6.54 Å². The summed E-state index contributed by atoms with van der Waals surface area (Å²) in [5.41, 5.74) is 7.81. The van der Waals surface area contributed by atoms with Crippen molar-refractivity contribution in [2.24, 2.45) is 5.73 Å². The molecule has 2 heterocycles. The summed E-state index contributed by atoms with van der Waals surface area (Å²) >= 11 is 1.79. The normalized spacial score (nSPS) is 11.5. The fourth-order valence-corrected chi connectivity index (χ4v) is 3.00. The lowest BCUT2D eigenvalue weighted by Crippen LogP contribution is -2.02. The highest BCUT2D eigenvalue weighted by Crippen LogP contribution is 2.34. The zero-order chi connectivity index (χ0) is 10.3. The van der Waals surface area contributed by atoms with Gasteiger partial charge in [-0.2, -0.15) is 5.10 Å². The monoisotopic (exact) mass is 217 g/mol. The van der Waals surface area contributed by atoms with Gasteiger partial charge in [0.25, 0.3) is 0 Å². The molecule has 0 fully saturated rings. The van der Waals surface area contributed by atoms with E-state index in [-0.39, 0.29) is 0 Å². The largest absolute Gasteiger partial charge is 0.330 e. The van der Waals surface area contributed by atoms with Crippen LogP contribution in [0, 0.1) is 0 Å². The minimum atomic E-state index is 0.658. The standard InChI is InChI=1S/C11H11N3S/c12-6-5-8-11-10(14-13-8)7-3-1-2-4-9(7)15-11/h1-4H,5-6,12H2,(H,13,14). The highest BCUT2D eigenvalue weighted by molar-refractivity contribution is 7.25. The Morgan fingerprint density at radius 1 is 1.33 bits per heavy atom. The summed E-state index contributed by atoms with van der Waals surface area (Å²) in [6.45, 7) is 0.658. The van der Waals surface area contributed by atoms with Crippen LogP contribution in [0.25, 0.3) is 20.3 Å². The number of nitrogens with two attached hydrogens (primary N) is 1. The van der Waals surface area contributed by atoms with Crippen LogP contribution in [-0.2, 0) is 6.42 Å². The molecule has 0 amide bonds. The molecule has 3 aromatic rings. The molecule has 76 valence electrons. The van der Waals surface area contributed by atoms with E-state index in [0.717, 1.165) is 17.6 Å². The van der Waals surface area contributed by atoms with Gasteiger partial charge in [-0.15, -0.1) is 11.3 Å². The smallest absolute Gasteiger partial charge is 0.111 e. The first-order valence-corrected chi connectivity index (χ1v) is 5.76. The number of nitrogens with zero attached hydrogens (tertiary/aromatic N) is 1. The number of rotatable bonds is 2. The molecule has 2 aromatic heterocycles. The van der Waals surface area contributed by atoms with Gasteiger partial charge in [-0.25, -0.2) is 0 Å². The number of thiophene rings is 1. The molecule has 0 saturated carbocycles. The number of H-pyrrole nitrogens is 1. The van der Waals surface area contributed by atoms with E-state index in [2.05, 4.69) is 28.4 Å². The minimum absolute atomic E-state index is 0.658. The number of hydrogen-bond donors (Lipinski definition) is 2. The molecular formula is C11H11N3S. The van der Waals surface area contributed by atoms with Gasteiger partial charge in [-0.1, -0.05) is 18.2 Å². The maximum atomic E-state index is 5.56. The van der Waals surface area contributed by atoms with Gasteiger partial charge in [0.2, 0.25) is 0 Å². The molecule has 0 aliphatic carbocycles. The molecule has 0 aliphatic heterocycles. The third-order valence-corrected chi connectivity index (χ3v) is 3.76. The first-order valence-electron chi connectivity index (χ1n) is 4.94. The first kappa shape index (κ1) is 8.88. The molecule has 3 nitrogen and oxygen atoms in total. The summed E-state index contributed by atoms with van der Waals surface area (Å²) in [6.07, 6.45) is 0.864. The van der Waals surface area contributed by atoms with Crippen LogP contribution in [0.4, 0.5) is 0 Å². The Labute approximate surface area is 90.9 Å². The average molecular weight is 217 g/mol. The Hall–Kier alpha value is -1.39. The summed E-state index contributed by atoms with van der Waals surface area (Å²) in [6, 6.07) is 8.35. The molecular weight excluding hydrogens is 206 g/mol. The Morgan fingerprint density at radius 2 is 2.20 bits per heavy atom. The second kappa shape index (κ2) is 3.32. The van der Waals surface area contributed by atoms with Crippen LogP contribution >= 0.6 is 11.3 Å². The summed E-state index contributed by atoms with van der Waals surface area (Å²) in [5, 5.41) is 8.66. The zero-order valence-corrected chi connectivity index (χ0v) is 8.97. The lowest BCUT2D eigenvalue weighted by Gasteiger charge is -1.90. The molecule has 3 N–H and O–H groups in total. The Kier molecular flexibility index (Phi) is 1.97. The van der Waals surface area contributed by atoms with Crippen LogP contribution in [0.2, 0.25) is 0 Å². The number of aromatic nitrogens is 2. The molecule has 0 saturated heterocycles. The SMILES string of the molecule is NCCc1[nH]nc2c1sc1ccccc12. The Bertz CT molecular complexity index is 608. The minimum Gasteiger partial charge on any atom is -0.330 e. The van der Waals surface area contributed by atoms with Gasteiger partial charge in [0, 0.05) is 16.5 Å². The van der Waals surface area contributed by atoms with Crippen molar-refractivity contribution in [3.8, 4) is 0 Å². The predicted molar refractivity (Wildman–Crippen MR) is 64.2 cm³/mol. The van der Waals surface area contributed by atoms with Crippen molar-refractivity contribution in [2.45, 2.75) is 6.42 Å². The maximum Gasteiger partial charge on any atom is 0.111 e. The van der Waals surface area contributed by atoms with Crippen LogP contribution in [0.1, 0.15) is 5.69 Å². The Balaban J connectivity index is 2.35. The molecule has 4 heteroatoms. The number of nitrogens with one attached hydrogen (secondary N) is 1. The van der Waals surface area contributed by atoms with Crippen LogP contribution in [0.15, 0.2) is 24.3 Å². The molecule has 0 spiro atoms. The first-order chi connectivity index (χ1) is 7.40. The van der Waals surface area contributed by atoms with Gasteiger partial charge in [-0.3, -0.25) is 5.10 Å². The van der Waals surface area contributed by atoms with E-state index in [1.165, 1.54) is 14.8 Å². The molecule has 0 aliphatic rings. The lowest BCUT2D eigenvalue weighted by molar-refractivity contribution is 0.910. The van der Waals surface area contributed by atoms with Crippen molar-refractivity contribution in [1.29, 1.82) is 0 Å². The average Bonchev–Trinajstić information content (AvgIpc) is 2.79. The van der Waals surface area contributed by atoms with Gasteiger partial charge < -0.3 is 5.73 Å². The van der Waals surface area contributed by atoms with Gasteiger partial charge in [0.15, 0.2) is 0 Å². The van der Waals surface area contributed by atoms with Crippen molar-refractivity contribution in [3.63, 3.8) is 0 Å². The molecule has 0 unspecified atom stereocenters. The topological polar surface area (TPSA) is 54.7 Å². The van der Waals surface area contributed by atoms with E-state index >= 15 is 0 Å². The summed E-state index contributed by atoms with van der Waals surface area (Å²) in [4.78, 5) is 0. The van der Waals surface area contributed by atoms with Crippen LogP contribution in [0.5, 0.6) is 0 Å². The van der Waals surface area contributed by atoms with Crippen molar-refractivity contribution >= 4 is 31.6 Å². The number of benzene rings is 1. The van der Waals surface area contributed by atoms with Crippen molar-refractivity contribution in [3.05, 3.63) is 30.0 Å². The number of fused-ring (bicyclic) bond motifs is 3. The van der Waals surface area contributed by atoms with E-state index < -0.39 is 0 Å². The predicted octanol–water partition coefficient (Wildman–Crippen LogP) is 2.28. The van der Waals surface area contributed by atoms with Crippen LogP contribution < -0.4 is 5.73 Å². The van der Waals surface area contributed by atoms with E-state index in [1.54, 1.807) is 11.3 Å². The maximum absolute atomic E-state index is 5.56. The molecule has 0 atom stereocenters. The van der Waals surface area contributed by atoms with E-state index in [9.17, 15) is 0 Å². The fraction of sp³-hybridized carbons (Fsp3) is 0.182. The van der Waals surface area contributed by atoms with Crippen molar-refractivity contribution < 1.29 is 0 Å². The van der Waals surface area contributed by atoms with E-state index in [4.69, 9.17) is 5.73 Å². The number of hydrogen-bond acceptors (Lipinski definition) is 3. The van der Waals surface area contributed by atoms with Crippen molar-refractivity contribution in [2.75, 3.05) is 6.54 Å². The molecule has 15 heavy (non-hydrogen) atoms. The molecule has 1 aromatic carbocycles. The second-order valence-corrected chi connectivity index (χ2v) is 4.57. The van der Waals surface area contributed by atoms with Gasteiger partial charge in [0.05, 0.1) is 10.4 Å². The molecule has 0 bridgehead atoms. The summed E-state index contributed by atoms with van der Waals surface area (Å²) in [7, 11) is 0. The second-order valence-electron chi connectivity index (χ2n) is 3.52. The third-order valence-electron chi connectivity index (χ3n) is 2.54. The zero-order valence-electron chi connectivity index (χ0n) is 8.16. The Morgan fingerprint density at radius 3 is 3.07 bits per heavy atom. The van der Waals surface area contributed by atoms with Gasteiger partial charge in [-0.05, 0) is 12.6 Å². The lowest BCUT2D eigenvalue weighted by atomic mass is 10.2. The van der Waals surface area contributed by atoms with E-state index in [1.807, 2.05) is 6.07 Å². The molecule has 3 rings (SSSR count).